The molecule has 0 radical (unpaired) electrons. The van der Waals surface area contributed by atoms with Gasteiger partial charge >= 0.3 is 12.4 Å². The zero-order valence-electron chi connectivity index (χ0n) is 21.6. The fourth-order valence-corrected chi connectivity index (χ4v) is 7.40. The Kier molecular flexibility index (Phi) is 7.11. The zero-order chi connectivity index (χ0) is 28.2. The first-order valence-corrected chi connectivity index (χ1v) is 14.1. The monoisotopic (exact) mass is 568 g/mol. The van der Waals surface area contributed by atoms with Crippen LogP contribution in [0.1, 0.15) is 54.0 Å². The van der Waals surface area contributed by atoms with Gasteiger partial charge in [0.25, 0.3) is 0 Å². The van der Waals surface area contributed by atoms with E-state index in [0.29, 0.717) is 30.9 Å². The molecule has 1 unspecified atom stereocenters. The van der Waals surface area contributed by atoms with E-state index in [1.54, 1.807) is 0 Å². The molecule has 1 amide bonds. The van der Waals surface area contributed by atoms with E-state index >= 15 is 0 Å². The first-order valence-electron chi connectivity index (χ1n) is 12.9. The Balaban J connectivity index is 1.22. The molecule has 2 aliphatic carbocycles. The molecule has 1 saturated heterocycles. The van der Waals surface area contributed by atoms with Crippen LogP contribution < -0.4 is 5.32 Å². The van der Waals surface area contributed by atoms with Crippen LogP contribution >= 0.6 is 11.8 Å². The van der Waals surface area contributed by atoms with Gasteiger partial charge in [-0.05, 0) is 72.9 Å². The van der Waals surface area contributed by atoms with Crippen LogP contribution in [0.3, 0.4) is 0 Å². The van der Waals surface area contributed by atoms with E-state index in [0.717, 1.165) is 19.5 Å². The lowest BCUT2D eigenvalue weighted by Gasteiger charge is -2.54. The number of likely N-dealkylation sites (tertiary alicyclic amines) is 1. The molecule has 2 aromatic rings. The van der Waals surface area contributed by atoms with Gasteiger partial charge in [0, 0.05) is 24.5 Å². The molecule has 39 heavy (non-hydrogen) atoms. The van der Waals surface area contributed by atoms with Crippen LogP contribution in [0.5, 0.6) is 0 Å². The smallest absolute Gasteiger partial charge is 0.351 e. The average molecular weight is 569 g/mol. The number of hydrogen-bond donors (Lipinski definition) is 1. The van der Waals surface area contributed by atoms with Crippen LogP contribution in [0.2, 0.25) is 0 Å². The number of amides is 1. The molecule has 1 aliphatic heterocycles. The van der Waals surface area contributed by atoms with Crippen LogP contribution in [-0.4, -0.2) is 40.9 Å². The van der Waals surface area contributed by atoms with Crippen LogP contribution in [0.25, 0.3) is 6.08 Å². The van der Waals surface area contributed by atoms with Gasteiger partial charge in [0.2, 0.25) is 5.91 Å². The maximum atomic E-state index is 13.2. The van der Waals surface area contributed by atoms with Gasteiger partial charge in [-0.3, -0.25) is 9.69 Å². The maximum Gasteiger partial charge on any atom is 0.416 e. The van der Waals surface area contributed by atoms with Crippen molar-refractivity contribution in [2.24, 2.45) is 5.92 Å². The summed E-state index contributed by atoms with van der Waals surface area (Å²) in [6, 6.07) is 10.1. The molecule has 1 saturated carbocycles. The van der Waals surface area contributed by atoms with Crippen molar-refractivity contribution in [1.82, 2.24) is 10.2 Å². The molecule has 5 rings (SSSR count). The van der Waals surface area contributed by atoms with Crippen molar-refractivity contribution in [2.75, 3.05) is 19.3 Å². The van der Waals surface area contributed by atoms with E-state index < -0.39 is 34.8 Å². The molecular formula is C29H30F6N2OS. The molecule has 1 N–H and O–H groups in total. The Morgan fingerprint density at radius 2 is 1.69 bits per heavy atom. The molecule has 210 valence electrons. The quantitative estimate of drug-likeness (QED) is 0.398. The van der Waals surface area contributed by atoms with Gasteiger partial charge in [-0.1, -0.05) is 43.3 Å². The minimum absolute atomic E-state index is 0.0189. The topological polar surface area (TPSA) is 32.3 Å². The van der Waals surface area contributed by atoms with Gasteiger partial charge in [-0.2, -0.15) is 26.3 Å². The first kappa shape index (κ1) is 28.1. The van der Waals surface area contributed by atoms with Crippen molar-refractivity contribution in [3.63, 3.8) is 0 Å². The second kappa shape index (κ2) is 9.87. The van der Waals surface area contributed by atoms with E-state index in [9.17, 15) is 31.1 Å². The van der Waals surface area contributed by atoms with E-state index in [1.807, 2.05) is 12.3 Å². The Hall–Kier alpha value is -2.46. The number of thioether (sulfide) groups is 1. The zero-order valence-corrected chi connectivity index (χ0v) is 22.4. The number of hydrogen-bond acceptors (Lipinski definition) is 3. The van der Waals surface area contributed by atoms with Crippen molar-refractivity contribution in [2.45, 2.75) is 61.3 Å². The van der Waals surface area contributed by atoms with Gasteiger partial charge in [0.1, 0.15) is 0 Å². The van der Waals surface area contributed by atoms with Crippen molar-refractivity contribution in [3.8, 4) is 0 Å². The highest BCUT2D eigenvalue weighted by molar-refractivity contribution is 8.00. The summed E-state index contributed by atoms with van der Waals surface area (Å²) in [6.45, 7) is 3.63. The fourth-order valence-electron chi connectivity index (χ4n) is 6.42. The standard InChI is InChI=1S/C29H30F6N2OS/c1-18-17-37(10-9-26(18)8-7-20-5-3-4-6-24(20)26)23-14-27(15-23,39-2)25(38)36-16-19-11-21(28(30,31)32)13-22(12-19)29(33,34)35/h3-8,11-13,18,23H,9-10,14-17H2,1-2H3,(H,36,38)/t18-,23?,26?,27?/m0/s1. The SMILES string of the molecule is CSC1(C(=O)NCc2cc(C(F)(F)F)cc(C(F)(F)F)c2)CC(N2CCC3(C=Cc4ccccc43)[C@@H](C)C2)C1. The van der Waals surface area contributed by atoms with E-state index in [-0.39, 0.29) is 29.0 Å². The lowest BCUT2D eigenvalue weighted by atomic mass is 9.66. The third-order valence-corrected chi connectivity index (χ3v) is 10.1. The molecular weight excluding hydrogens is 538 g/mol. The van der Waals surface area contributed by atoms with Crippen molar-refractivity contribution in [3.05, 3.63) is 76.4 Å². The highest BCUT2D eigenvalue weighted by Crippen LogP contribution is 2.51. The minimum Gasteiger partial charge on any atom is -0.351 e. The van der Waals surface area contributed by atoms with Crippen LogP contribution in [0.4, 0.5) is 26.3 Å². The second-order valence-electron chi connectivity index (χ2n) is 11.0. The van der Waals surface area contributed by atoms with Crippen molar-refractivity contribution in [1.29, 1.82) is 0 Å². The van der Waals surface area contributed by atoms with Crippen LogP contribution in [-0.2, 0) is 29.1 Å². The number of benzene rings is 2. The lowest BCUT2D eigenvalue weighted by Crippen LogP contribution is -2.62. The van der Waals surface area contributed by atoms with Gasteiger partial charge in [-0.25, -0.2) is 0 Å². The number of allylic oxidation sites excluding steroid dienone is 1. The number of nitrogens with one attached hydrogen (secondary N) is 1. The van der Waals surface area contributed by atoms with Crippen molar-refractivity contribution >= 4 is 23.7 Å². The minimum atomic E-state index is -4.93. The Morgan fingerprint density at radius 1 is 1.05 bits per heavy atom. The molecule has 1 spiro atoms. The van der Waals surface area contributed by atoms with Crippen LogP contribution in [0, 0.1) is 5.92 Å². The van der Waals surface area contributed by atoms with E-state index in [4.69, 9.17) is 0 Å². The predicted octanol–water partition coefficient (Wildman–Crippen LogP) is 6.91. The molecule has 0 aromatic heterocycles. The summed E-state index contributed by atoms with van der Waals surface area (Å²) in [5.74, 6) is 0.0272. The van der Waals surface area contributed by atoms with Gasteiger partial charge in [-0.15, -0.1) is 11.8 Å². The summed E-state index contributed by atoms with van der Waals surface area (Å²) in [4.78, 5) is 15.6. The second-order valence-corrected chi connectivity index (χ2v) is 12.2. The number of carbonyl (C=O) groups excluding carboxylic acids is 1. The number of alkyl halides is 6. The molecule has 2 fully saturated rings. The number of nitrogens with zero attached hydrogens (tertiary/aromatic N) is 1. The van der Waals surface area contributed by atoms with Crippen LogP contribution in [0.15, 0.2) is 48.5 Å². The fraction of sp³-hybridized carbons (Fsp3) is 0.483. The highest BCUT2D eigenvalue weighted by atomic mass is 32.2. The number of rotatable bonds is 5. The summed E-state index contributed by atoms with van der Waals surface area (Å²) < 4.78 is 78.4. The first-order chi connectivity index (χ1) is 18.3. The van der Waals surface area contributed by atoms with E-state index in [2.05, 4.69) is 47.5 Å². The Morgan fingerprint density at radius 3 is 2.28 bits per heavy atom. The summed E-state index contributed by atoms with van der Waals surface area (Å²) in [5, 5.41) is 2.61. The molecule has 3 aliphatic rings. The third kappa shape index (κ3) is 5.10. The maximum absolute atomic E-state index is 13.2. The van der Waals surface area contributed by atoms with E-state index in [1.165, 1.54) is 22.9 Å². The summed E-state index contributed by atoms with van der Waals surface area (Å²) >= 11 is 1.39. The number of fused-ring (bicyclic) bond motifs is 2. The summed E-state index contributed by atoms with van der Waals surface area (Å²) in [6.07, 6.45) is -1.35. The molecule has 0 bridgehead atoms. The number of halogens is 6. The predicted molar refractivity (Wildman–Crippen MR) is 140 cm³/mol. The molecule has 3 nitrogen and oxygen atoms in total. The normalized spacial score (nSPS) is 28.8. The Labute approximate surface area is 228 Å². The molecule has 1 heterocycles. The highest BCUT2D eigenvalue weighted by Gasteiger charge is 2.53. The average Bonchev–Trinajstić information content (AvgIpc) is 3.23. The largest absolute Gasteiger partial charge is 0.416 e. The van der Waals surface area contributed by atoms with Crippen molar-refractivity contribution < 1.29 is 31.1 Å². The van der Waals surface area contributed by atoms with Gasteiger partial charge in [0.15, 0.2) is 0 Å². The summed E-state index contributed by atoms with van der Waals surface area (Å²) in [7, 11) is 0. The Bertz CT molecular complexity index is 1250. The lowest BCUT2D eigenvalue weighted by molar-refractivity contribution is -0.143. The molecule has 2 atom stereocenters. The summed E-state index contributed by atoms with van der Waals surface area (Å²) in [5.41, 5.74) is -0.360. The third-order valence-electron chi connectivity index (χ3n) is 8.78. The molecule has 2 aromatic carbocycles. The number of piperidine rings is 1. The number of carbonyl (C=O) groups is 1. The van der Waals surface area contributed by atoms with Gasteiger partial charge in [0.05, 0.1) is 15.9 Å². The molecule has 10 heteroatoms. The van der Waals surface area contributed by atoms with Gasteiger partial charge < -0.3 is 5.32 Å².